The Hall–Kier alpha value is -6.78. The molecule has 1 unspecified atom stereocenters. The zero-order valence-corrected chi connectivity index (χ0v) is 30.1. The van der Waals surface area contributed by atoms with Gasteiger partial charge in [-0.2, -0.15) is 0 Å². The van der Waals surface area contributed by atoms with E-state index < -0.39 is 0 Å². The summed E-state index contributed by atoms with van der Waals surface area (Å²) < 4.78 is 6.21. The van der Waals surface area contributed by atoms with E-state index >= 15 is 0 Å². The van der Waals surface area contributed by atoms with Gasteiger partial charge in [-0.05, 0) is 124 Å². The average molecular weight is 696 g/mol. The molecule has 0 bridgehead atoms. The van der Waals surface area contributed by atoms with Gasteiger partial charge in [0, 0.05) is 38.9 Å². The third kappa shape index (κ3) is 4.63. The van der Waals surface area contributed by atoms with E-state index in [9.17, 15) is 0 Å². The molecule has 0 radical (unpaired) electrons. The highest BCUT2D eigenvalue weighted by molar-refractivity contribution is 6.07. The fourth-order valence-electron chi connectivity index (χ4n) is 8.93. The molecule has 1 aliphatic carbocycles. The monoisotopic (exact) mass is 695 g/mol. The van der Waals surface area contributed by atoms with Crippen molar-refractivity contribution in [1.29, 1.82) is 0 Å². The molecule has 2 aliphatic rings. The molecule has 11 rings (SSSR count). The van der Waals surface area contributed by atoms with E-state index in [-0.39, 0.29) is 11.6 Å². The van der Waals surface area contributed by atoms with Crippen LogP contribution in [0, 0.1) is 0 Å². The summed E-state index contributed by atoms with van der Waals surface area (Å²) in [6.07, 6.45) is -0.00361. The van der Waals surface area contributed by atoms with Gasteiger partial charge in [-0.3, -0.25) is 0 Å². The SMILES string of the molecule is CC1(C)c2cc3c(cc2-c2cc4cc(N(c5ccccc5)c5ccc6oc7ccccc7c6c5)ccc4cc21)N(c1ccccc1)C(c1ccccc1)N3. The minimum Gasteiger partial charge on any atom is -0.456 e. The summed E-state index contributed by atoms with van der Waals surface area (Å²) in [6.45, 7) is 4.74. The highest BCUT2D eigenvalue weighted by Crippen LogP contribution is 2.56. The lowest BCUT2D eigenvalue weighted by Gasteiger charge is -2.27. The van der Waals surface area contributed by atoms with Crippen LogP contribution in [0.5, 0.6) is 0 Å². The number of para-hydroxylation sites is 3. The van der Waals surface area contributed by atoms with Crippen molar-refractivity contribution in [2.75, 3.05) is 15.1 Å². The average Bonchev–Trinajstić information content (AvgIpc) is 3.85. The van der Waals surface area contributed by atoms with Crippen molar-refractivity contribution in [3.05, 3.63) is 193 Å². The zero-order valence-electron chi connectivity index (χ0n) is 30.1. The van der Waals surface area contributed by atoms with Crippen LogP contribution in [-0.2, 0) is 5.41 Å². The normalized spacial score (nSPS) is 15.3. The van der Waals surface area contributed by atoms with E-state index in [1.54, 1.807) is 0 Å². The summed E-state index contributed by atoms with van der Waals surface area (Å²) in [5, 5.41) is 8.60. The first-order chi connectivity index (χ1) is 26.5. The maximum absolute atomic E-state index is 6.21. The smallest absolute Gasteiger partial charge is 0.135 e. The standard InChI is InChI=1S/C50H37N3O/c1-50(2)43-28-33-22-23-37(52(35-16-8-4-9-17-35)38-24-25-48-42(29-38)39-20-12-13-21-47(39)54-48)26-34(33)27-40(43)41-30-46-45(31-44(41)50)51-49(32-14-6-3-7-15-32)53(46)36-18-10-5-11-19-36/h3-31,49,51H,1-2H3. The van der Waals surface area contributed by atoms with Gasteiger partial charge in [-0.25, -0.2) is 0 Å². The molecule has 1 atom stereocenters. The second kappa shape index (κ2) is 11.6. The number of nitrogens with zero attached hydrogens (tertiary/aromatic N) is 2. The van der Waals surface area contributed by atoms with Crippen molar-refractivity contribution in [2.24, 2.45) is 0 Å². The molecule has 1 N–H and O–H groups in total. The van der Waals surface area contributed by atoms with E-state index in [1.807, 2.05) is 12.1 Å². The predicted octanol–water partition coefficient (Wildman–Crippen LogP) is 13.8. The zero-order chi connectivity index (χ0) is 36.0. The van der Waals surface area contributed by atoms with Crippen molar-refractivity contribution in [2.45, 2.75) is 25.4 Å². The van der Waals surface area contributed by atoms with Crippen molar-refractivity contribution in [3.63, 3.8) is 0 Å². The molecule has 0 saturated carbocycles. The minimum atomic E-state index is -0.157. The molecule has 1 aliphatic heterocycles. The number of benzene rings is 8. The summed E-state index contributed by atoms with van der Waals surface area (Å²) in [5.74, 6) is 0. The Bertz CT molecular complexity index is 2900. The molecule has 4 heteroatoms. The van der Waals surface area contributed by atoms with Crippen LogP contribution in [0.15, 0.2) is 180 Å². The van der Waals surface area contributed by atoms with Crippen LogP contribution in [0.2, 0.25) is 0 Å². The number of hydrogen-bond acceptors (Lipinski definition) is 4. The van der Waals surface area contributed by atoms with Crippen LogP contribution in [0.25, 0.3) is 43.8 Å². The van der Waals surface area contributed by atoms with Crippen LogP contribution in [0.1, 0.15) is 36.7 Å². The van der Waals surface area contributed by atoms with Gasteiger partial charge in [0.05, 0.1) is 11.4 Å². The van der Waals surface area contributed by atoms with Gasteiger partial charge in [-0.15, -0.1) is 0 Å². The Morgan fingerprint density at radius 1 is 0.537 bits per heavy atom. The van der Waals surface area contributed by atoms with Crippen LogP contribution >= 0.6 is 0 Å². The summed E-state index contributed by atoms with van der Waals surface area (Å²) in [4.78, 5) is 4.80. The maximum atomic E-state index is 6.21. The number of nitrogens with one attached hydrogen (secondary N) is 1. The number of furan rings is 1. The quantitative estimate of drug-likeness (QED) is 0.194. The summed E-state index contributed by atoms with van der Waals surface area (Å²) in [5.41, 5.74) is 15.0. The van der Waals surface area contributed by atoms with E-state index in [1.165, 1.54) is 55.7 Å². The molecule has 54 heavy (non-hydrogen) atoms. The van der Waals surface area contributed by atoms with E-state index in [2.05, 4.69) is 193 Å². The third-order valence-corrected chi connectivity index (χ3v) is 11.6. The molecular formula is C50H37N3O. The van der Waals surface area contributed by atoms with Crippen molar-refractivity contribution >= 4 is 66.8 Å². The highest BCUT2D eigenvalue weighted by atomic mass is 16.3. The first kappa shape index (κ1) is 30.8. The Kier molecular flexibility index (Phi) is 6.62. The van der Waals surface area contributed by atoms with Gasteiger partial charge in [0.2, 0.25) is 0 Å². The van der Waals surface area contributed by atoms with Crippen molar-refractivity contribution < 1.29 is 4.42 Å². The van der Waals surface area contributed by atoms with E-state index in [0.29, 0.717) is 0 Å². The summed E-state index contributed by atoms with van der Waals surface area (Å²) in [7, 11) is 0. The largest absolute Gasteiger partial charge is 0.456 e. The molecule has 0 fully saturated rings. The Balaban J connectivity index is 1.06. The molecule has 1 aromatic heterocycles. The van der Waals surface area contributed by atoms with Gasteiger partial charge in [0.15, 0.2) is 0 Å². The minimum absolute atomic E-state index is 0.00361. The summed E-state index contributed by atoms with van der Waals surface area (Å²) >= 11 is 0. The lowest BCUT2D eigenvalue weighted by atomic mass is 9.81. The molecule has 258 valence electrons. The predicted molar refractivity (Wildman–Crippen MR) is 225 cm³/mol. The van der Waals surface area contributed by atoms with Crippen molar-refractivity contribution in [1.82, 2.24) is 0 Å². The first-order valence-corrected chi connectivity index (χ1v) is 18.7. The fraction of sp³-hybridized carbons (Fsp3) is 0.0800. The number of fused-ring (bicyclic) bond motifs is 8. The number of rotatable bonds is 5. The Labute approximate surface area is 314 Å². The lowest BCUT2D eigenvalue weighted by Crippen LogP contribution is -2.23. The molecular weight excluding hydrogens is 659 g/mol. The second-order valence-electron chi connectivity index (χ2n) is 15.1. The van der Waals surface area contributed by atoms with E-state index in [4.69, 9.17) is 4.42 Å². The second-order valence-corrected chi connectivity index (χ2v) is 15.1. The molecule has 9 aromatic rings. The topological polar surface area (TPSA) is 31.7 Å². The van der Waals surface area contributed by atoms with Crippen LogP contribution in [0.3, 0.4) is 0 Å². The van der Waals surface area contributed by atoms with Gasteiger partial charge in [0.1, 0.15) is 17.3 Å². The van der Waals surface area contributed by atoms with Gasteiger partial charge >= 0.3 is 0 Å². The molecule has 2 heterocycles. The fourth-order valence-corrected chi connectivity index (χ4v) is 8.93. The van der Waals surface area contributed by atoms with Crippen LogP contribution < -0.4 is 15.1 Å². The molecule has 0 spiro atoms. The van der Waals surface area contributed by atoms with Gasteiger partial charge in [-0.1, -0.05) is 105 Å². The molecule has 4 nitrogen and oxygen atoms in total. The van der Waals surface area contributed by atoms with Gasteiger partial charge < -0.3 is 19.5 Å². The van der Waals surface area contributed by atoms with Crippen molar-refractivity contribution in [3.8, 4) is 11.1 Å². The molecule has 0 amide bonds. The highest BCUT2D eigenvalue weighted by Gasteiger charge is 2.40. The van der Waals surface area contributed by atoms with Crippen LogP contribution in [0.4, 0.5) is 34.1 Å². The first-order valence-electron chi connectivity index (χ1n) is 18.7. The maximum Gasteiger partial charge on any atom is 0.135 e. The third-order valence-electron chi connectivity index (χ3n) is 11.6. The number of anilines is 6. The Morgan fingerprint density at radius 2 is 1.19 bits per heavy atom. The molecule has 0 saturated heterocycles. The van der Waals surface area contributed by atoms with E-state index in [0.717, 1.165) is 39.0 Å². The molecule has 8 aromatic carbocycles. The van der Waals surface area contributed by atoms with Crippen LogP contribution in [-0.4, -0.2) is 0 Å². The lowest BCUT2D eigenvalue weighted by molar-refractivity contribution is 0.661. The Morgan fingerprint density at radius 3 is 2.00 bits per heavy atom. The summed E-state index contributed by atoms with van der Waals surface area (Å²) in [6, 6.07) is 63.5. The number of hydrogen-bond donors (Lipinski definition) is 1. The van der Waals surface area contributed by atoms with Gasteiger partial charge in [0.25, 0.3) is 0 Å².